The molecule has 1 aliphatic heterocycles. The summed E-state index contributed by atoms with van der Waals surface area (Å²) in [6.07, 6.45) is 0. The van der Waals surface area contributed by atoms with E-state index in [1.807, 2.05) is 0 Å². The summed E-state index contributed by atoms with van der Waals surface area (Å²) in [5, 5.41) is 8.99. The number of anilines is 1. The SMILES string of the molecule is COc1ccc(C(=O)O)cc1N1CCOCC1. The second kappa shape index (κ2) is 5.05. The minimum Gasteiger partial charge on any atom is -0.495 e. The maximum Gasteiger partial charge on any atom is 0.335 e. The van der Waals surface area contributed by atoms with Gasteiger partial charge < -0.3 is 19.5 Å². The first kappa shape index (κ1) is 11.7. The van der Waals surface area contributed by atoms with Gasteiger partial charge in [0.05, 0.1) is 31.6 Å². The van der Waals surface area contributed by atoms with E-state index < -0.39 is 5.97 Å². The highest BCUT2D eigenvalue weighted by Gasteiger charge is 2.17. The molecule has 5 nitrogen and oxygen atoms in total. The van der Waals surface area contributed by atoms with Gasteiger partial charge in [0.2, 0.25) is 0 Å². The van der Waals surface area contributed by atoms with E-state index in [9.17, 15) is 4.79 Å². The van der Waals surface area contributed by atoms with Crippen molar-refractivity contribution in [2.75, 3.05) is 38.3 Å². The smallest absolute Gasteiger partial charge is 0.335 e. The molecule has 0 bridgehead atoms. The van der Waals surface area contributed by atoms with Crippen LogP contribution in [0.3, 0.4) is 0 Å². The lowest BCUT2D eigenvalue weighted by Gasteiger charge is -2.30. The van der Waals surface area contributed by atoms with Crippen molar-refractivity contribution in [1.29, 1.82) is 0 Å². The van der Waals surface area contributed by atoms with Crippen LogP contribution in [0.15, 0.2) is 18.2 Å². The van der Waals surface area contributed by atoms with E-state index >= 15 is 0 Å². The van der Waals surface area contributed by atoms with Crippen molar-refractivity contribution in [3.63, 3.8) is 0 Å². The van der Waals surface area contributed by atoms with E-state index in [0.29, 0.717) is 19.0 Å². The lowest BCUT2D eigenvalue weighted by molar-refractivity contribution is 0.0697. The zero-order valence-electron chi connectivity index (χ0n) is 9.68. The molecule has 0 atom stereocenters. The van der Waals surface area contributed by atoms with E-state index in [-0.39, 0.29) is 5.56 Å². The molecule has 1 aromatic rings. The van der Waals surface area contributed by atoms with Gasteiger partial charge in [-0.3, -0.25) is 0 Å². The fraction of sp³-hybridized carbons (Fsp3) is 0.417. The third kappa shape index (κ3) is 2.50. The van der Waals surface area contributed by atoms with E-state index in [2.05, 4.69) is 4.90 Å². The van der Waals surface area contributed by atoms with Crippen LogP contribution >= 0.6 is 0 Å². The summed E-state index contributed by atoms with van der Waals surface area (Å²) in [5.74, 6) is -0.237. The van der Waals surface area contributed by atoms with Gasteiger partial charge in [-0.2, -0.15) is 0 Å². The van der Waals surface area contributed by atoms with Crippen LogP contribution in [-0.2, 0) is 4.74 Å². The minimum atomic E-state index is -0.929. The molecular weight excluding hydrogens is 222 g/mol. The molecule has 17 heavy (non-hydrogen) atoms. The first-order valence-electron chi connectivity index (χ1n) is 5.46. The highest BCUT2D eigenvalue weighted by atomic mass is 16.5. The van der Waals surface area contributed by atoms with Crippen LogP contribution in [0.4, 0.5) is 5.69 Å². The van der Waals surface area contributed by atoms with Gasteiger partial charge in [-0.1, -0.05) is 0 Å². The fourth-order valence-electron chi connectivity index (χ4n) is 1.87. The van der Waals surface area contributed by atoms with Crippen molar-refractivity contribution >= 4 is 11.7 Å². The second-order valence-corrected chi connectivity index (χ2v) is 3.79. The zero-order chi connectivity index (χ0) is 12.3. The summed E-state index contributed by atoms with van der Waals surface area (Å²) in [6, 6.07) is 4.88. The van der Waals surface area contributed by atoms with Crippen LogP contribution in [0.2, 0.25) is 0 Å². The van der Waals surface area contributed by atoms with Gasteiger partial charge in [0.25, 0.3) is 0 Å². The Morgan fingerprint density at radius 1 is 1.41 bits per heavy atom. The van der Waals surface area contributed by atoms with Crippen LogP contribution in [0.5, 0.6) is 5.75 Å². The predicted molar refractivity (Wildman–Crippen MR) is 63.0 cm³/mol. The average molecular weight is 237 g/mol. The summed E-state index contributed by atoms with van der Waals surface area (Å²) in [5.41, 5.74) is 1.09. The van der Waals surface area contributed by atoms with Gasteiger partial charge in [-0.05, 0) is 18.2 Å². The molecule has 1 heterocycles. The van der Waals surface area contributed by atoms with Gasteiger partial charge in [0.1, 0.15) is 5.75 Å². The number of carboxylic acids is 1. The number of carboxylic acid groups (broad SMARTS) is 1. The quantitative estimate of drug-likeness (QED) is 0.856. The van der Waals surface area contributed by atoms with Crippen molar-refractivity contribution in [2.24, 2.45) is 0 Å². The number of rotatable bonds is 3. The van der Waals surface area contributed by atoms with Crippen molar-refractivity contribution < 1.29 is 19.4 Å². The second-order valence-electron chi connectivity index (χ2n) is 3.79. The number of morpholine rings is 1. The van der Waals surface area contributed by atoms with Gasteiger partial charge in [-0.25, -0.2) is 4.79 Å². The monoisotopic (exact) mass is 237 g/mol. The van der Waals surface area contributed by atoms with Crippen LogP contribution in [-0.4, -0.2) is 44.5 Å². The van der Waals surface area contributed by atoms with Crippen LogP contribution < -0.4 is 9.64 Å². The number of hydrogen-bond acceptors (Lipinski definition) is 4. The molecule has 0 amide bonds. The summed E-state index contributed by atoms with van der Waals surface area (Å²) < 4.78 is 10.5. The number of nitrogens with zero attached hydrogens (tertiary/aromatic N) is 1. The fourth-order valence-corrected chi connectivity index (χ4v) is 1.87. The Bertz CT molecular complexity index is 413. The van der Waals surface area contributed by atoms with Crippen LogP contribution in [0.1, 0.15) is 10.4 Å². The molecule has 1 N–H and O–H groups in total. The zero-order valence-corrected chi connectivity index (χ0v) is 9.68. The Labute approximate surface area is 99.6 Å². The van der Waals surface area contributed by atoms with Crippen molar-refractivity contribution in [3.8, 4) is 5.75 Å². The molecule has 1 aromatic carbocycles. The third-order valence-corrected chi connectivity index (χ3v) is 2.78. The number of benzene rings is 1. The molecule has 1 fully saturated rings. The minimum absolute atomic E-state index is 0.271. The average Bonchev–Trinajstić information content (AvgIpc) is 2.39. The van der Waals surface area contributed by atoms with Crippen molar-refractivity contribution in [2.45, 2.75) is 0 Å². The Hall–Kier alpha value is -1.75. The van der Waals surface area contributed by atoms with Gasteiger partial charge >= 0.3 is 5.97 Å². The van der Waals surface area contributed by atoms with Gasteiger partial charge in [-0.15, -0.1) is 0 Å². The van der Waals surface area contributed by atoms with Crippen molar-refractivity contribution in [3.05, 3.63) is 23.8 Å². The molecule has 0 aliphatic carbocycles. The number of carbonyl (C=O) groups is 1. The molecule has 2 rings (SSSR count). The first-order valence-corrected chi connectivity index (χ1v) is 5.46. The van der Waals surface area contributed by atoms with Crippen LogP contribution in [0, 0.1) is 0 Å². The van der Waals surface area contributed by atoms with E-state index in [0.717, 1.165) is 18.8 Å². The molecule has 0 unspecified atom stereocenters. The lowest BCUT2D eigenvalue weighted by Crippen LogP contribution is -2.36. The number of hydrogen-bond donors (Lipinski definition) is 1. The lowest BCUT2D eigenvalue weighted by atomic mass is 10.1. The largest absolute Gasteiger partial charge is 0.495 e. The molecule has 0 aromatic heterocycles. The standard InChI is InChI=1S/C12H15NO4/c1-16-11-3-2-9(12(14)15)8-10(11)13-4-6-17-7-5-13/h2-3,8H,4-7H2,1H3,(H,14,15). The molecule has 1 saturated heterocycles. The Morgan fingerprint density at radius 3 is 2.71 bits per heavy atom. The molecular formula is C12H15NO4. The number of methoxy groups -OCH3 is 1. The third-order valence-electron chi connectivity index (χ3n) is 2.78. The number of aromatic carboxylic acids is 1. The van der Waals surface area contributed by atoms with Gasteiger partial charge in [0.15, 0.2) is 0 Å². The molecule has 92 valence electrons. The van der Waals surface area contributed by atoms with E-state index in [4.69, 9.17) is 14.6 Å². The first-order chi connectivity index (χ1) is 8.22. The van der Waals surface area contributed by atoms with E-state index in [1.165, 1.54) is 0 Å². The van der Waals surface area contributed by atoms with Crippen LogP contribution in [0.25, 0.3) is 0 Å². The van der Waals surface area contributed by atoms with Gasteiger partial charge in [0, 0.05) is 13.1 Å². The number of ether oxygens (including phenoxy) is 2. The summed E-state index contributed by atoms with van der Waals surface area (Å²) >= 11 is 0. The molecule has 1 aliphatic rings. The molecule has 0 radical (unpaired) electrons. The highest BCUT2D eigenvalue weighted by Crippen LogP contribution is 2.29. The van der Waals surface area contributed by atoms with E-state index in [1.54, 1.807) is 25.3 Å². The molecule has 5 heteroatoms. The topological polar surface area (TPSA) is 59.0 Å². The summed E-state index contributed by atoms with van der Waals surface area (Å²) in [6.45, 7) is 2.81. The Balaban J connectivity index is 2.34. The summed E-state index contributed by atoms with van der Waals surface area (Å²) in [7, 11) is 1.58. The normalized spacial score (nSPS) is 15.7. The molecule has 0 saturated carbocycles. The molecule has 0 spiro atoms. The predicted octanol–water partition coefficient (Wildman–Crippen LogP) is 1.23. The Kier molecular flexibility index (Phi) is 3.49. The highest BCUT2D eigenvalue weighted by molar-refractivity contribution is 5.89. The maximum absolute atomic E-state index is 11.0. The maximum atomic E-state index is 11.0. The summed E-state index contributed by atoms with van der Waals surface area (Å²) in [4.78, 5) is 13.0. The Morgan fingerprint density at radius 2 is 2.12 bits per heavy atom. The van der Waals surface area contributed by atoms with Crippen molar-refractivity contribution in [1.82, 2.24) is 0 Å².